The van der Waals surface area contributed by atoms with Crippen molar-refractivity contribution < 1.29 is 24.2 Å². The number of nitrogens with zero attached hydrogens (tertiary/aromatic N) is 1. The van der Waals surface area contributed by atoms with Crippen molar-refractivity contribution in [1.29, 1.82) is 0 Å². The first-order valence-corrected chi connectivity index (χ1v) is 8.55. The van der Waals surface area contributed by atoms with E-state index >= 15 is 0 Å². The molecule has 2 aromatic carbocycles. The molecule has 1 aliphatic heterocycles. The summed E-state index contributed by atoms with van der Waals surface area (Å²) in [4.78, 5) is 37.5. The lowest BCUT2D eigenvalue weighted by atomic mass is 10.1. The van der Waals surface area contributed by atoms with Gasteiger partial charge in [-0.2, -0.15) is 0 Å². The van der Waals surface area contributed by atoms with Gasteiger partial charge in [-0.25, -0.2) is 4.79 Å². The highest BCUT2D eigenvalue weighted by atomic mass is 35.5. The van der Waals surface area contributed by atoms with Gasteiger partial charge in [0, 0.05) is 23.7 Å². The average Bonchev–Trinajstić information content (AvgIpc) is 3.03. The van der Waals surface area contributed by atoms with Crippen LogP contribution in [0.5, 0.6) is 5.75 Å². The van der Waals surface area contributed by atoms with Gasteiger partial charge in [-0.05, 0) is 36.4 Å². The molecule has 1 atom stereocenters. The second kappa shape index (κ2) is 7.67. The Bertz CT molecular complexity index is 915. The highest BCUT2D eigenvalue weighted by molar-refractivity contribution is 6.31. The number of carboxylic acid groups (broad SMARTS) is 1. The van der Waals surface area contributed by atoms with Crippen LogP contribution in [-0.4, -0.2) is 36.5 Å². The molecule has 140 valence electrons. The summed E-state index contributed by atoms with van der Waals surface area (Å²) < 4.78 is 5.28. The Hall–Kier alpha value is -3.06. The Balaban J connectivity index is 1.75. The van der Waals surface area contributed by atoms with E-state index in [1.54, 1.807) is 30.3 Å². The Labute approximate surface area is 160 Å². The lowest BCUT2D eigenvalue weighted by molar-refractivity contribution is -0.122. The van der Waals surface area contributed by atoms with Gasteiger partial charge >= 0.3 is 5.97 Å². The summed E-state index contributed by atoms with van der Waals surface area (Å²) in [5, 5.41) is 12.2. The zero-order valence-corrected chi connectivity index (χ0v) is 15.2. The number of rotatable bonds is 5. The first-order chi connectivity index (χ1) is 12.9. The fourth-order valence-electron chi connectivity index (χ4n) is 2.96. The molecule has 3 rings (SSSR count). The van der Waals surface area contributed by atoms with Gasteiger partial charge in [0.05, 0.1) is 24.3 Å². The lowest BCUT2D eigenvalue weighted by Gasteiger charge is -2.20. The van der Waals surface area contributed by atoms with Crippen molar-refractivity contribution in [2.24, 2.45) is 5.92 Å². The van der Waals surface area contributed by atoms with E-state index in [9.17, 15) is 14.4 Å². The van der Waals surface area contributed by atoms with Crippen LogP contribution >= 0.6 is 11.6 Å². The monoisotopic (exact) mass is 388 g/mol. The minimum absolute atomic E-state index is 0.0418. The van der Waals surface area contributed by atoms with Crippen molar-refractivity contribution in [3.8, 4) is 5.75 Å². The summed E-state index contributed by atoms with van der Waals surface area (Å²) in [6.07, 6.45) is 0.0418. The zero-order valence-electron chi connectivity index (χ0n) is 14.4. The molecule has 1 saturated heterocycles. The van der Waals surface area contributed by atoms with E-state index in [1.807, 2.05) is 0 Å². The van der Waals surface area contributed by atoms with E-state index in [1.165, 1.54) is 24.1 Å². The van der Waals surface area contributed by atoms with Crippen LogP contribution in [0.15, 0.2) is 42.5 Å². The Morgan fingerprint density at radius 2 is 2.04 bits per heavy atom. The molecule has 1 fully saturated rings. The molecule has 2 N–H and O–H groups in total. The maximum absolute atomic E-state index is 12.5. The minimum Gasteiger partial charge on any atom is -0.495 e. The number of anilines is 2. The minimum atomic E-state index is -1.08. The number of ether oxygens (including phenoxy) is 1. The van der Waals surface area contributed by atoms with Crippen molar-refractivity contribution in [3.63, 3.8) is 0 Å². The third-order valence-electron chi connectivity index (χ3n) is 4.30. The molecular weight excluding hydrogens is 372 g/mol. The van der Waals surface area contributed by atoms with Crippen molar-refractivity contribution in [3.05, 3.63) is 53.1 Å². The number of benzene rings is 2. The number of carbonyl (C=O) groups is 3. The molecule has 0 aromatic heterocycles. The zero-order chi connectivity index (χ0) is 19.6. The van der Waals surface area contributed by atoms with Crippen molar-refractivity contribution in [2.75, 3.05) is 23.9 Å². The predicted octanol–water partition coefficient (Wildman–Crippen LogP) is 3.04. The second-order valence-corrected chi connectivity index (χ2v) is 6.53. The highest BCUT2D eigenvalue weighted by Gasteiger charge is 2.36. The summed E-state index contributed by atoms with van der Waals surface area (Å²) in [5.74, 6) is -1.73. The van der Waals surface area contributed by atoms with Crippen LogP contribution in [0.25, 0.3) is 0 Å². The number of carbonyl (C=O) groups excluding carboxylic acids is 2. The van der Waals surface area contributed by atoms with Crippen LogP contribution in [0.2, 0.25) is 5.02 Å². The van der Waals surface area contributed by atoms with Gasteiger partial charge in [-0.1, -0.05) is 17.7 Å². The van der Waals surface area contributed by atoms with Gasteiger partial charge in [0.25, 0.3) is 0 Å². The summed E-state index contributed by atoms with van der Waals surface area (Å²) in [5.41, 5.74) is 0.949. The molecule has 1 aliphatic rings. The van der Waals surface area contributed by atoms with E-state index in [0.29, 0.717) is 22.1 Å². The van der Waals surface area contributed by atoms with Crippen LogP contribution in [0.3, 0.4) is 0 Å². The molecule has 8 heteroatoms. The molecule has 0 radical (unpaired) electrons. The van der Waals surface area contributed by atoms with Crippen LogP contribution in [-0.2, 0) is 9.59 Å². The van der Waals surface area contributed by atoms with Crippen molar-refractivity contribution >= 4 is 40.8 Å². The van der Waals surface area contributed by atoms with Gasteiger partial charge in [-0.3, -0.25) is 9.59 Å². The number of carboxylic acids is 1. The maximum atomic E-state index is 12.5. The Morgan fingerprint density at radius 1 is 1.26 bits per heavy atom. The number of methoxy groups -OCH3 is 1. The van der Waals surface area contributed by atoms with Crippen molar-refractivity contribution in [1.82, 2.24) is 0 Å². The molecule has 2 amide bonds. The number of hydrogen-bond donors (Lipinski definition) is 2. The van der Waals surface area contributed by atoms with Gasteiger partial charge in [0.1, 0.15) is 5.75 Å². The largest absolute Gasteiger partial charge is 0.495 e. The van der Waals surface area contributed by atoms with E-state index in [4.69, 9.17) is 21.4 Å². The summed E-state index contributed by atoms with van der Waals surface area (Å²) in [6, 6.07) is 10.9. The second-order valence-electron chi connectivity index (χ2n) is 6.10. The topological polar surface area (TPSA) is 95.9 Å². The quantitative estimate of drug-likeness (QED) is 0.820. The molecule has 2 aromatic rings. The van der Waals surface area contributed by atoms with Gasteiger partial charge in [0.2, 0.25) is 11.8 Å². The number of amides is 2. The SMILES string of the molecule is COc1ccc(Cl)cc1N1C[C@H](C(=O)Nc2cccc(C(=O)O)c2)CC1=O. The van der Waals surface area contributed by atoms with E-state index < -0.39 is 11.9 Å². The van der Waals surface area contributed by atoms with E-state index in [2.05, 4.69) is 5.32 Å². The van der Waals surface area contributed by atoms with Crippen LogP contribution in [0.1, 0.15) is 16.8 Å². The predicted molar refractivity (Wildman–Crippen MR) is 100 cm³/mol. The molecule has 0 spiro atoms. The van der Waals surface area contributed by atoms with E-state index in [-0.39, 0.29) is 30.3 Å². The normalized spacial score (nSPS) is 16.3. The highest BCUT2D eigenvalue weighted by Crippen LogP contribution is 2.35. The van der Waals surface area contributed by atoms with Gasteiger partial charge < -0.3 is 20.1 Å². The lowest BCUT2D eigenvalue weighted by Crippen LogP contribution is -2.28. The number of aromatic carboxylic acids is 1. The number of halogens is 1. The smallest absolute Gasteiger partial charge is 0.335 e. The summed E-state index contributed by atoms with van der Waals surface area (Å²) >= 11 is 6.03. The molecular formula is C19H17ClN2O5. The molecule has 0 aliphatic carbocycles. The molecule has 27 heavy (non-hydrogen) atoms. The molecule has 0 bridgehead atoms. The van der Waals surface area contributed by atoms with Gasteiger partial charge in [-0.15, -0.1) is 0 Å². The Morgan fingerprint density at radius 3 is 2.74 bits per heavy atom. The first-order valence-electron chi connectivity index (χ1n) is 8.17. The molecule has 0 saturated carbocycles. The maximum Gasteiger partial charge on any atom is 0.335 e. The summed E-state index contributed by atoms with van der Waals surface area (Å²) in [7, 11) is 1.49. The fraction of sp³-hybridized carbons (Fsp3) is 0.211. The standard InChI is InChI=1S/C19H17ClN2O5/c1-27-16-6-5-13(20)9-15(16)22-10-12(8-17(22)23)18(24)21-14-4-2-3-11(7-14)19(25)26/h2-7,9,12H,8,10H2,1H3,(H,21,24)(H,25,26)/t12-/m1/s1. The van der Waals surface area contributed by atoms with Crippen LogP contribution in [0, 0.1) is 5.92 Å². The van der Waals surface area contributed by atoms with Crippen LogP contribution < -0.4 is 15.0 Å². The van der Waals surface area contributed by atoms with Gasteiger partial charge in [0.15, 0.2) is 0 Å². The molecule has 1 heterocycles. The third-order valence-corrected chi connectivity index (χ3v) is 4.54. The first kappa shape index (κ1) is 18.7. The Kier molecular flexibility index (Phi) is 5.32. The summed E-state index contributed by atoms with van der Waals surface area (Å²) in [6.45, 7) is 0.181. The third kappa shape index (κ3) is 4.03. The fourth-order valence-corrected chi connectivity index (χ4v) is 3.13. The number of hydrogen-bond acceptors (Lipinski definition) is 4. The van der Waals surface area contributed by atoms with Crippen LogP contribution in [0.4, 0.5) is 11.4 Å². The molecule has 7 nitrogen and oxygen atoms in total. The number of nitrogens with one attached hydrogen (secondary N) is 1. The van der Waals surface area contributed by atoms with E-state index in [0.717, 1.165) is 0 Å². The average molecular weight is 389 g/mol. The van der Waals surface area contributed by atoms with Crippen molar-refractivity contribution in [2.45, 2.75) is 6.42 Å². The molecule has 0 unspecified atom stereocenters.